The molecule has 192 valence electrons. The van der Waals surface area contributed by atoms with Crippen LogP contribution in [-0.4, -0.2) is 13.2 Å². The van der Waals surface area contributed by atoms with E-state index in [4.69, 9.17) is 9.47 Å². The van der Waals surface area contributed by atoms with Crippen molar-refractivity contribution in [2.24, 2.45) is 11.8 Å². The first kappa shape index (κ1) is 26.4. The van der Waals surface area contributed by atoms with E-state index in [2.05, 4.69) is 63.2 Å². The van der Waals surface area contributed by atoms with E-state index in [1.165, 1.54) is 93.7 Å². The molecular weight excluding hydrogens is 428 g/mol. The minimum absolute atomic E-state index is 0.216. The highest BCUT2D eigenvalue weighted by Gasteiger charge is 2.24. The molecule has 1 saturated heterocycles. The van der Waals surface area contributed by atoms with E-state index in [0.29, 0.717) is 5.92 Å². The molecule has 2 aliphatic rings. The molecule has 0 unspecified atom stereocenters. The van der Waals surface area contributed by atoms with E-state index >= 15 is 0 Å². The van der Waals surface area contributed by atoms with Gasteiger partial charge in [0, 0.05) is 11.5 Å². The highest BCUT2D eigenvalue weighted by molar-refractivity contribution is 5.68. The number of aryl methyl sites for hydroxylation is 1. The van der Waals surface area contributed by atoms with Crippen LogP contribution in [0.5, 0.6) is 0 Å². The molecule has 0 radical (unpaired) electrons. The van der Waals surface area contributed by atoms with E-state index < -0.39 is 0 Å². The highest BCUT2D eigenvalue weighted by atomic mass is 16.7. The maximum atomic E-state index is 6.07. The van der Waals surface area contributed by atoms with Gasteiger partial charge in [0.05, 0.1) is 13.2 Å². The van der Waals surface area contributed by atoms with Crippen molar-refractivity contribution < 1.29 is 9.47 Å². The molecule has 2 fully saturated rings. The van der Waals surface area contributed by atoms with E-state index in [0.717, 1.165) is 30.6 Å². The molecule has 2 nitrogen and oxygen atoms in total. The molecule has 1 heterocycles. The minimum Gasteiger partial charge on any atom is -0.348 e. The monoisotopic (exact) mass is 476 g/mol. The Morgan fingerprint density at radius 1 is 0.686 bits per heavy atom. The van der Waals surface area contributed by atoms with Gasteiger partial charge in [-0.1, -0.05) is 101 Å². The summed E-state index contributed by atoms with van der Waals surface area (Å²) in [6.07, 6.45) is 16.1. The topological polar surface area (TPSA) is 18.5 Å². The lowest BCUT2D eigenvalue weighted by Gasteiger charge is -2.30. The third-order valence-corrected chi connectivity index (χ3v) is 8.46. The fourth-order valence-electron chi connectivity index (χ4n) is 6.14. The van der Waals surface area contributed by atoms with Crippen LogP contribution in [0.15, 0.2) is 42.5 Å². The normalized spacial score (nSPS) is 25.0. The average molecular weight is 477 g/mol. The highest BCUT2D eigenvalue weighted by Crippen LogP contribution is 2.39. The number of ether oxygens (including phenoxy) is 2. The Hall–Kier alpha value is -1.64. The minimum atomic E-state index is -0.216. The second-order valence-electron chi connectivity index (χ2n) is 11.3. The van der Waals surface area contributed by atoms with Crippen LogP contribution in [0.2, 0.25) is 0 Å². The van der Waals surface area contributed by atoms with Gasteiger partial charge in [0.2, 0.25) is 0 Å². The lowest BCUT2D eigenvalue weighted by atomic mass is 9.76. The van der Waals surface area contributed by atoms with Gasteiger partial charge in [-0.3, -0.25) is 0 Å². The van der Waals surface area contributed by atoms with Gasteiger partial charge >= 0.3 is 0 Å². The Balaban J connectivity index is 1.30. The van der Waals surface area contributed by atoms with Crippen molar-refractivity contribution in [3.05, 3.63) is 59.2 Å². The molecule has 2 aromatic carbocycles. The van der Waals surface area contributed by atoms with Crippen molar-refractivity contribution in [2.45, 2.75) is 110 Å². The summed E-state index contributed by atoms with van der Waals surface area (Å²) in [7, 11) is 0. The molecule has 35 heavy (non-hydrogen) atoms. The summed E-state index contributed by atoms with van der Waals surface area (Å²) in [6, 6.07) is 16.0. The zero-order valence-corrected chi connectivity index (χ0v) is 22.6. The Morgan fingerprint density at radius 2 is 1.29 bits per heavy atom. The summed E-state index contributed by atoms with van der Waals surface area (Å²) >= 11 is 0. The average Bonchev–Trinajstić information content (AvgIpc) is 2.90. The summed E-state index contributed by atoms with van der Waals surface area (Å²) in [5.74, 6) is 2.27. The van der Waals surface area contributed by atoms with Crippen molar-refractivity contribution in [3.8, 4) is 11.1 Å². The Bertz CT molecular complexity index is 870. The quantitative estimate of drug-likeness (QED) is 0.300. The van der Waals surface area contributed by atoms with Gasteiger partial charge in [0.1, 0.15) is 0 Å². The number of hydrogen-bond acceptors (Lipinski definition) is 2. The SMILES string of the molecule is CCCCCC1CCC(c2ccc(-c3ccc([C@H]4OC[C@H](CCCCC)CO4)cc3)c(C)c2)CC1. The van der Waals surface area contributed by atoms with Gasteiger partial charge in [-0.15, -0.1) is 0 Å². The van der Waals surface area contributed by atoms with Crippen LogP contribution in [0.3, 0.4) is 0 Å². The molecule has 1 saturated carbocycles. The van der Waals surface area contributed by atoms with Crippen molar-refractivity contribution in [1.82, 2.24) is 0 Å². The number of hydrogen-bond donors (Lipinski definition) is 0. The number of rotatable bonds is 11. The van der Waals surface area contributed by atoms with E-state index in [9.17, 15) is 0 Å². The zero-order chi connectivity index (χ0) is 24.5. The molecule has 4 rings (SSSR count). The number of benzene rings is 2. The van der Waals surface area contributed by atoms with Crippen molar-refractivity contribution in [1.29, 1.82) is 0 Å². The zero-order valence-electron chi connectivity index (χ0n) is 22.6. The van der Waals surface area contributed by atoms with Crippen LogP contribution >= 0.6 is 0 Å². The van der Waals surface area contributed by atoms with Crippen LogP contribution in [0.1, 0.15) is 120 Å². The fourth-order valence-corrected chi connectivity index (χ4v) is 6.14. The van der Waals surface area contributed by atoms with Crippen LogP contribution in [0, 0.1) is 18.8 Å². The summed E-state index contributed by atoms with van der Waals surface area (Å²) in [5, 5.41) is 0. The first-order valence-electron chi connectivity index (χ1n) is 14.6. The van der Waals surface area contributed by atoms with Gasteiger partial charge < -0.3 is 9.47 Å². The molecule has 0 atom stereocenters. The van der Waals surface area contributed by atoms with Crippen LogP contribution in [-0.2, 0) is 9.47 Å². The molecule has 0 N–H and O–H groups in total. The third kappa shape index (κ3) is 7.43. The van der Waals surface area contributed by atoms with Gasteiger partial charge in [0.15, 0.2) is 6.29 Å². The predicted molar refractivity (Wildman–Crippen MR) is 148 cm³/mol. The standard InChI is InChI=1S/C33H48O2/c1-4-6-8-10-26-12-14-28(15-13-26)31-20-21-32(25(3)22-31)29-16-18-30(19-17-29)33-34-23-27(24-35-33)11-9-7-5-2/h16-22,26-28,33H,4-15,23-24H2,1-3H3/t26?,27-,28?,33-. The molecule has 1 aliphatic heterocycles. The third-order valence-electron chi connectivity index (χ3n) is 8.46. The molecule has 2 heteroatoms. The molecule has 0 bridgehead atoms. The molecule has 0 spiro atoms. The fraction of sp³-hybridized carbons (Fsp3) is 0.636. The summed E-state index contributed by atoms with van der Waals surface area (Å²) in [4.78, 5) is 0. The van der Waals surface area contributed by atoms with Crippen LogP contribution in [0.25, 0.3) is 11.1 Å². The second-order valence-corrected chi connectivity index (χ2v) is 11.3. The van der Waals surface area contributed by atoms with Gasteiger partial charge in [-0.25, -0.2) is 0 Å². The maximum Gasteiger partial charge on any atom is 0.183 e. The lowest BCUT2D eigenvalue weighted by Crippen LogP contribution is -2.27. The van der Waals surface area contributed by atoms with Gasteiger partial charge in [-0.2, -0.15) is 0 Å². The van der Waals surface area contributed by atoms with Gasteiger partial charge in [-0.05, 0) is 73.1 Å². The van der Waals surface area contributed by atoms with E-state index in [1.807, 2.05) is 0 Å². The predicted octanol–water partition coefficient (Wildman–Crippen LogP) is 9.76. The van der Waals surface area contributed by atoms with Crippen molar-refractivity contribution in [2.75, 3.05) is 13.2 Å². The summed E-state index contributed by atoms with van der Waals surface area (Å²) in [5.41, 5.74) is 6.69. The largest absolute Gasteiger partial charge is 0.348 e. The van der Waals surface area contributed by atoms with Crippen molar-refractivity contribution in [3.63, 3.8) is 0 Å². The molecular formula is C33H48O2. The summed E-state index contributed by atoms with van der Waals surface area (Å²) in [6.45, 7) is 8.47. The molecule has 1 aliphatic carbocycles. The first-order chi connectivity index (χ1) is 17.2. The second kappa shape index (κ2) is 13.6. The molecule has 2 aromatic rings. The maximum absolute atomic E-state index is 6.07. The molecule has 0 aromatic heterocycles. The Labute approximate surface area is 214 Å². The van der Waals surface area contributed by atoms with Crippen LogP contribution < -0.4 is 0 Å². The van der Waals surface area contributed by atoms with E-state index in [-0.39, 0.29) is 6.29 Å². The Kier molecular flexibility index (Phi) is 10.3. The van der Waals surface area contributed by atoms with Crippen molar-refractivity contribution >= 4 is 0 Å². The summed E-state index contributed by atoms with van der Waals surface area (Å²) < 4.78 is 12.1. The smallest absolute Gasteiger partial charge is 0.183 e. The van der Waals surface area contributed by atoms with E-state index in [1.54, 1.807) is 5.56 Å². The first-order valence-corrected chi connectivity index (χ1v) is 14.6. The molecule has 0 amide bonds. The number of unbranched alkanes of at least 4 members (excludes halogenated alkanes) is 4. The Morgan fingerprint density at radius 3 is 1.89 bits per heavy atom. The van der Waals surface area contributed by atoms with Crippen LogP contribution in [0.4, 0.5) is 0 Å². The lowest BCUT2D eigenvalue weighted by molar-refractivity contribution is -0.206. The van der Waals surface area contributed by atoms with Gasteiger partial charge in [0.25, 0.3) is 0 Å².